The zero-order chi connectivity index (χ0) is 24.3. The quantitative estimate of drug-likeness (QED) is 0.312. The Bertz CT molecular complexity index is 1200. The molecule has 0 aliphatic carbocycles. The molecular weight excluding hydrogens is 475 g/mol. The second-order valence-electron chi connectivity index (χ2n) is 7.33. The van der Waals surface area contributed by atoms with Gasteiger partial charge in [0.2, 0.25) is 0 Å². The van der Waals surface area contributed by atoms with E-state index in [1.807, 2.05) is 13.8 Å². The molecule has 0 atom stereocenters. The van der Waals surface area contributed by atoms with Gasteiger partial charge in [0.15, 0.2) is 0 Å². The molecule has 2 aromatic heterocycles. The number of thiophene rings is 2. The minimum Gasteiger partial charge on any atom is -0.506 e. The number of hydrogen-bond donors (Lipinski definition) is 3. The van der Waals surface area contributed by atoms with E-state index in [9.17, 15) is 27.9 Å². The maximum absolute atomic E-state index is 12.8. The van der Waals surface area contributed by atoms with Gasteiger partial charge in [-0.15, -0.1) is 22.7 Å². The highest BCUT2D eigenvalue weighted by molar-refractivity contribution is 7.16. The van der Waals surface area contributed by atoms with E-state index < -0.39 is 17.6 Å². The van der Waals surface area contributed by atoms with Crippen molar-refractivity contribution < 1.29 is 27.9 Å². The summed E-state index contributed by atoms with van der Waals surface area (Å²) < 4.78 is 38.3. The fraction of sp³-hybridized carbons (Fsp3) is 0.227. The van der Waals surface area contributed by atoms with Crippen molar-refractivity contribution >= 4 is 40.2 Å². The van der Waals surface area contributed by atoms with E-state index in [1.54, 1.807) is 18.4 Å². The number of halogens is 3. The Balaban J connectivity index is 1.72. The SMILES string of the molecule is CC(=NNC(=O)c1ccc(C(=O)NC(C)C)s1)c1csc(-c2ccc(C(F)(F)F)cc2)c1O. The average Bonchev–Trinajstić information content (AvgIpc) is 3.38. The number of amides is 2. The van der Waals surface area contributed by atoms with Crippen LogP contribution in [0.3, 0.4) is 0 Å². The smallest absolute Gasteiger partial charge is 0.416 e. The molecule has 2 heterocycles. The zero-order valence-corrected chi connectivity index (χ0v) is 19.4. The second-order valence-corrected chi connectivity index (χ2v) is 9.30. The summed E-state index contributed by atoms with van der Waals surface area (Å²) in [7, 11) is 0. The van der Waals surface area contributed by atoms with Gasteiger partial charge in [-0.1, -0.05) is 12.1 Å². The predicted octanol–water partition coefficient (Wildman–Crippen LogP) is 5.49. The number of aromatic hydroxyl groups is 1. The molecule has 0 aliphatic heterocycles. The maximum atomic E-state index is 12.8. The summed E-state index contributed by atoms with van der Waals surface area (Å²) >= 11 is 2.17. The lowest BCUT2D eigenvalue weighted by atomic mass is 10.1. The normalized spacial score (nSPS) is 12.2. The van der Waals surface area contributed by atoms with Crippen LogP contribution in [0.4, 0.5) is 13.2 Å². The van der Waals surface area contributed by atoms with Gasteiger partial charge in [-0.2, -0.15) is 18.3 Å². The monoisotopic (exact) mass is 495 g/mol. The van der Waals surface area contributed by atoms with Crippen molar-refractivity contribution in [2.75, 3.05) is 0 Å². The molecule has 3 N–H and O–H groups in total. The molecule has 174 valence electrons. The third-order valence-corrected chi connectivity index (χ3v) is 6.53. The average molecular weight is 496 g/mol. The van der Waals surface area contributed by atoms with Crippen molar-refractivity contribution in [3.8, 4) is 16.2 Å². The molecule has 0 saturated carbocycles. The molecule has 6 nitrogen and oxygen atoms in total. The maximum Gasteiger partial charge on any atom is 0.416 e. The van der Waals surface area contributed by atoms with E-state index in [0.29, 0.717) is 31.5 Å². The Morgan fingerprint density at radius 1 is 1.03 bits per heavy atom. The van der Waals surface area contributed by atoms with Gasteiger partial charge < -0.3 is 10.4 Å². The van der Waals surface area contributed by atoms with Crippen LogP contribution in [0.1, 0.15) is 51.2 Å². The van der Waals surface area contributed by atoms with Gasteiger partial charge in [0, 0.05) is 11.4 Å². The van der Waals surface area contributed by atoms with Crippen LogP contribution in [0.15, 0.2) is 46.9 Å². The molecule has 0 unspecified atom stereocenters. The van der Waals surface area contributed by atoms with Gasteiger partial charge in [-0.3, -0.25) is 9.59 Å². The number of rotatable bonds is 6. The molecule has 0 radical (unpaired) electrons. The van der Waals surface area contributed by atoms with Crippen LogP contribution >= 0.6 is 22.7 Å². The number of carbonyl (C=O) groups is 2. The van der Waals surface area contributed by atoms with Crippen LogP contribution in [0.5, 0.6) is 5.75 Å². The summed E-state index contributed by atoms with van der Waals surface area (Å²) in [6.45, 7) is 5.24. The second kappa shape index (κ2) is 9.75. The molecule has 0 fully saturated rings. The standard InChI is InChI=1S/C22H20F3N3O3S2/c1-11(2)26-20(30)16-8-9-17(33-16)21(31)28-27-12(3)15-10-32-19(18(15)29)13-4-6-14(7-5-13)22(23,24)25/h4-11,29H,1-3H3,(H,26,30)(H,28,31). The van der Waals surface area contributed by atoms with Crippen LogP contribution in [0.2, 0.25) is 0 Å². The fourth-order valence-corrected chi connectivity index (χ4v) is 4.60. The van der Waals surface area contributed by atoms with E-state index in [4.69, 9.17) is 0 Å². The number of nitrogens with one attached hydrogen (secondary N) is 2. The highest BCUT2D eigenvalue weighted by Gasteiger charge is 2.30. The Hall–Kier alpha value is -3.18. The number of carbonyl (C=O) groups excluding carboxylic acids is 2. The summed E-state index contributed by atoms with van der Waals surface area (Å²) in [5.41, 5.74) is 2.70. The zero-order valence-electron chi connectivity index (χ0n) is 17.8. The summed E-state index contributed by atoms with van der Waals surface area (Å²) in [6, 6.07) is 7.51. The van der Waals surface area contributed by atoms with Crippen molar-refractivity contribution in [2.24, 2.45) is 5.10 Å². The first kappa shape index (κ1) is 24.5. The van der Waals surface area contributed by atoms with Gasteiger partial charge in [-0.05, 0) is 50.6 Å². The Morgan fingerprint density at radius 2 is 1.64 bits per heavy atom. The Labute approximate surface area is 195 Å². The molecular formula is C22H20F3N3O3S2. The third-order valence-electron chi connectivity index (χ3n) is 4.43. The number of benzene rings is 1. The molecule has 11 heteroatoms. The third kappa shape index (κ3) is 5.79. The molecule has 1 aromatic carbocycles. The molecule has 3 rings (SSSR count). The van der Waals surface area contributed by atoms with Crippen molar-refractivity contribution in [2.45, 2.75) is 33.0 Å². The molecule has 0 bridgehead atoms. The summed E-state index contributed by atoms with van der Waals surface area (Å²) in [6.07, 6.45) is -4.44. The topological polar surface area (TPSA) is 90.8 Å². The van der Waals surface area contributed by atoms with Crippen molar-refractivity contribution in [3.63, 3.8) is 0 Å². The van der Waals surface area contributed by atoms with Crippen molar-refractivity contribution in [3.05, 3.63) is 62.7 Å². The largest absolute Gasteiger partial charge is 0.506 e. The van der Waals surface area contributed by atoms with Gasteiger partial charge in [0.05, 0.1) is 31.5 Å². The van der Waals surface area contributed by atoms with Gasteiger partial charge in [0.25, 0.3) is 11.8 Å². The number of hydrogen-bond acceptors (Lipinski definition) is 6. The van der Waals surface area contributed by atoms with Crippen LogP contribution < -0.4 is 10.7 Å². The minimum atomic E-state index is -4.44. The Kier molecular flexibility index (Phi) is 7.23. The summed E-state index contributed by atoms with van der Waals surface area (Å²) in [5.74, 6) is -0.924. The molecule has 33 heavy (non-hydrogen) atoms. The number of alkyl halides is 3. The minimum absolute atomic E-state index is 0.0325. The van der Waals surface area contributed by atoms with Crippen LogP contribution in [0, 0.1) is 0 Å². The highest BCUT2D eigenvalue weighted by atomic mass is 32.1. The van der Waals surface area contributed by atoms with Gasteiger partial charge in [0.1, 0.15) is 5.75 Å². The van der Waals surface area contributed by atoms with E-state index >= 15 is 0 Å². The molecule has 0 saturated heterocycles. The molecule has 0 spiro atoms. The lowest BCUT2D eigenvalue weighted by Crippen LogP contribution is -2.29. The van der Waals surface area contributed by atoms with E-state index in [-0.39, 0.29) is 17.7 Å². The van der Waals surface area contributed by atoms with E-state index in [0.717, 1.165) is 34.8 Å². The highest BCUT2D eigenvalue weighted by Crippen LogP contribution is 2.40. The van der Waals surface area contributed by atoms with Crippen LogP contribution in [-0.2, 0) is 6.18 Å². The Morgan fingerprint density at radius 3 is 2.21 bits per heavy atom. The van der Waals surface area contributed by atoms with Crippen LogP contribution in [0.25, 0.3) is 10.4 Å². The number of nitrogens with zero attached hydrogens (tertiary/aromatic N) is 1. The van der Waals surface area contributed by atoms with Crippen LogP contribution in [-0.4, -0.2) is 28.7 Å². The molecule has 0 aliphatic rings. The first-order valence-electron chi connectivity index (χ1n) is 9.71. The summed E-state index contributed by atoms with van der Waals surface area (Å²) in [4.78, 5) is 25.5. The van der Waals surface area contributed by atoms with Crippen molar-refractivity contribution in [1.29, 1.82) is 0 Å². The molecule has 3 aromatic rings. The first-order chi connectivity index (χ1) is 15.5. The molecule has 2 amide bonds. The van der Waals surface area contributed by atoms with E-state index in [2.05, 4.69) is 15.8 Å². The van der Waals surface area contributed by atoms with Gasteiger partial charge >= 0.3 is 6.18 Å². The summed E-state index contributed by atoms with van der Waals surface area (Å²) in [5, 5.41) is 18.9. The number of hydrazone groups is 1. The van der Waals surface area contributed by atoms with Crippen molar-refractivity contribution in [1.82, 2.24) is 10.7 Å². The van der Waals surface area contributed by atoms with Gasteiger partial charge in [-0.25, -0.2) is 5.43 Å². The first-order valence-corrected chi connectivity index (χ1v) is 11.4. The lowest BCUT2D eigenvalue weighted by molar-refractivity contribution is -0.137. The van der Waals surface area contributed by atoms with E-state index in [1.165, 1.54) is 18.2 Å². The lowest BCUT2D eigenvalue weighted by Gasteiger charge is -2.07. The fourth-order valence-electron chi connectivity index (χ4n) is 2.79. The predicted molar refractivity (Wildman–Crippen MR) is 123 cm³/mol.